The van der Waals surface area contributed by atoms with Gasteiger partial charge in [-0.3, -0.25) is 23.3 Å². The maximum Gasteiger partial charge on any atom is 0.477 e. The van der Waals surface area contributed by atoms with E-state index in [-0.39, 0.29) is 12.3 Å². The van der Waals surface area contributed by atoms with Crippen molar-refractivity contribution >= 4 is 52.6 Å². The number of hydrogen-bond donors (Lipinski definition) is 2. The van der Waals surface area contributed by atoms with Gasteiger partial charge in [-0.25, -0.2) is 23.9 Å². The van der Waals surface area contributed by atoms with Crippen LogP contribution in [0.2, 0.25) is 0 Å². The van der Waals surface area contributed by atoms with Crippen molar-refractivity contribution in [1.82, 2.24) is 19.9 Å². The molecule has 0 spiro atoms. The number of ether oxygens (including phenoxy) is 2. The van der Waals surface area contributed by atoms with E-state index in [0.29, 0.717) is 65.0 Å². The molecule has 4 aromatic rings. The molecule has 1 saturated heterocycles. The third-order valence-electron chi connectivity index (χ3n) is 7.57. The molecule has 2 N–H and O–H groups in total. The van der Waals surface area contributed by atoms with Crippen molar-refractivity contribution in [2.75, 3.05) is 37.4 Å². The van der Waals surface area contributed by atoms with Gasteiger partial charge in [0.15, 0.2) is 16.6 Å². The summed E-state index contributed by atoms with van der Waals surface area (Å²) in [6.45, 7) is 12.8. The number of methoxy groups -OCH3 is 1. The zero-order valence-electron chi connectivity index (χ0n) is 30.7. The van der Waals surface area contributed by atoms with Crippen LogP contribution >= 0.6 is 19.2 Å². The van der Waals surface area contributed by atoms with Gasteiger partial charge in [0.2, 0.25) is 5.91 Å². The minimum atomic E-state index is -3.87. The van der Waals surface area contributed by atoms with E-state index in [1.54, 1.807) is 19.4 Å². The van der Waals surface area contributed by atoms with Crippen molar-refractivity contribution in [1.29, 1.82) is 0 Å². The minimum Gasteiger partial charge on any atom is -0.493 e. The summed E-state index contributed by atoms with van der Waals surface area (Å²) < 4.78 is 57.1. The van der Waals surface area contributed by atoms with Crippen LogP contribution in [0.1, 0.15) is 72.1 Å². The van der Waals surface area contributed by atoms with Crippen molar-refractivity contribution in [3.63, 3.8) is 0 Å². The van der Waals surface area contributed by atoms with E-state index < -0.39 is 31.1 Å². The molecule has 1 aliphatic heterocycles. The van der Waals surface area contributed by atoms with E-state index in [4.69, 9.17) is 23.0 Å². The van der Waals surface area contributed by atoms with Crippen molar-refractivity contribution < 1.29 is 36.8 Å². The standard InChI is InChI=1S/C36H48FN6O7PS/c1-35(2,3)49-51(45,50-36(4,5)6)48-32-14-8-9-15-43(32)16-11-17-47-30-21-28-27(20-29(30)46-7)33(40-23-39-28)42-34-38-22-26(52-34)19-31(44)41-25-13-10-12-24(37)18-25/h10,12-13,18,20-23,32H,8-9,11,14-17,19H2,1-7H3,(H,41,44)(H,38,39,40,42). The fraction of sp³-hybridized carbons (Fsp3) is 0.500. The molecule has 0 saturated carbocycles. The molecule has 1 fully saturated rings. The summed E-state index contributed by atoms with van der Waals surface area (Å²) in [6, 6.07) is 9.36. The summed E-state index contributed by atoms with van der Waals surface area (Å²) in [7, 11) is -2.30. The van der Waals surface area contributed by atoms with E-state index in [9.17, 15) is 13.8 Å². The molecule has 13 nitrogen and oxygen atoms in total. The number of piperidine rings is 1. The summed E-state index contributed by atoms with van der Waals surface area (Å²) in [5, 5.41) is 7.16. The van der Waals surface area contributed by atoms with Crippen LogP contribution in [0.25, 0.3) is 10.9 Å². The first kappa shape index (κ1) is 39.5. The molecule has 282 valence electrons. The number of likely N-dealkylation sites (tertiary alicyclic amines) is 1. The Morgan fingerprint density at radius 1 is 1.04 bits per heavy atom. The highest BCUT2D eigenvalue weighted by Gasteiger charge is 2.41. The first-order valence-electron chi connectivity index (χ1n) is 17.2. The van der Waals surface area contributed by atoms with Gasteiger partial charge in [0.25, 0.3) is 0 Å². The van der Waals surface area contributed by atoms with E-state index in [0.717, 1.165) is 24.3 Å². The molecule has 2 aromatic carbocycles. The monoisotopic (exact) mass is 758 g/mol. The number of phosphoric ester groups is 1. The highest BCUT2D eigenvalue weighted by molar-refractivity contribution is 7.48. The van der Waals surface area contributed by atoms with Gasteiger partial charge in [-0.05, 0) is 91.5 Å². The molecule has 1 atom stereocenters. The number of nitrogens with zero attached hydrogens (tertiary/aromatic N) is 4. The van der Waals surface area contributed by atoms with Crippen LogP contribution in [0.5, 0.6) is 11.5 Å². The lowest BCUT2D eigenvalue weighted by Crippen LogP contribution is -2.42. The summed E-state index contributed by atoms with van der Waals surface area (Å²) in [6.07, 6.45) is 6.09. The number of nitrogens with one attached hydrogen (secondary N) is 2. The number of halogens is 1. The van der Waals surface area contributed by atoms with Crippen LogP contribution in [0.4, 0.5) is 21.0 Å². The number of aromatic nitrogens is 3. The van der Waals surface area contributed by atoms with Crippen LogP contribution in [-0.4, -0.2) is 70.0 Å². The van der Waals surface area contributed by atoms with Gasteiger partial charge in [-0.2, -0.15) is 0 Å². The lowest BCUT2D eigenvalue weighted by molar-refractivity contribution is -0.115. The Morgan fingerprint density at radius 3 is 2.52 bits per heavy atom. The van der Waals surface area contributed by atoms with E-state index in [1.165, 1.54) is 35.9 Å². The minimum absolute atomic E-state index is 0.0817. The number of rotatable bonds is 15. The maximum absolute atomic E-state index is 13.8. The molecular weight excluding hydrogens is 710 g/mol. The number of benzene rings is 2. The second-order valence-electron chi connectivity index (χ2n) is 14.4. The molecule has 0 aliphatic carbocycles. The zero-order chi connectivity index (χ0) is 37.5. The fourth-order valence-electron chi connectivity index (χ4n) is 5.58. The number of carbonyl (C=O) groups is 1. The Balaban J connectivity index is 1.19. The highest BCUT2D eigenvalue weighted by Crippen LogP contribution is 2.57. The molecule has 0 bridgehead atoms. The Labute approximate surface area is 308 Å². The number of hydrogen-bond acceptors (Lipinski definition) is 13. The summed E-state index contributed by atoms with van der Waals surface area (Å²) in [5.74, 6) is 0.856. The van der Waals surface area contributed by atoms with Gasteiger partial charge in [-0.1, -0.05) is 6.07 Å². The van der Waals surface area contributed by atoms with Crippen molar-refractivity contribution in [3.05, 3.63) is 59.6 Å². The molecule has 2 aromatic heterocycles. The Bertz CT molecular complexity index is 1860. The summed E-state index contributed by atoms with van der Waals surface area (Å²) in [4.78, 5) is 28.7. The smallest absolute Gasteiger partial charge is 0.477 e. The Hall–Kier alpha value is -3.72. The lowest BCUT2D eigenvalue weighted by atomic mass is 10.1. The van der Waals surface area contributed by atoms with Crippen LogP contribution in [0.15, 0.2) is 48.9 Å². The predicted octanol–water partition coefficient (Wildman–Crippen LogP) is 8.49. The van der Waals surface area contributed by atoms with Gasteiger partial charge >= 0.3 is 7.82 Å². The zero-order valence-corrected chi connectivity index (χ0v) is 32.4. The molecule has 52 heavy (non-hydrogen) atoms. The van der Waals surface area contributed by atoms with Crippen LogP contribution in [0.3, 0.4) is 0 Å². The molecule has 16 heteroatoms. The second-order valence-corrected chi connectivity index (χ2v) is 17.0. The second kappa shape index (κ2) is 17.0. The number of fused-ring (bicyclic) bond motifs is 1. The third kappa shape index (κ3) is 11.6. The van der Waals surface area contributed by atoms with Crippen molar-refractivity contribution in [2.45, 2.75) is 91.1 Å². The first-order chi connectivity index (χ1) is 24.6. The molecular formula is C36H48FN6O7PS. The number of phosphoric acid groups is 1. The van der Waals surface area contributed by atoms with Gasteiger partial charge in [-0.15, -0.1) is 11.3 Å². The van der Waals surface area contributed by atoms with Crippen molar-refractivity contribution in [3.8, 4) is 11.5 Å². The first-order valence-corrected chi connectivity index (χ1v) is 19.5. The number of thiazole rings is 1. The molecule has 0 radical (unpaired) electrons. The van der Waals surface area contributed by atoms with E-state index >= 15 is 0 Å². The average Bonchev–Trinajstić information content (AvgIpc) is 3.47. The van der Waals surface area contributed by atoms with Gasteiger partial charge in [0, 0.05) is 41.3 Å². The molecule has 3 heterocycles. The lowest BCUT2D eigenvalue weighted by Gasteiger charge is -2.39. The van der Waals surface area contributed by atoms with Gasteiger partial charge < -0.3 is 20.1 Å². The molecule has 1 aliphatic rings. The van der Waals surface area contributed by atoms with E-state index in [2.05, 4.69) is 30.5 Å². The maximum atomic E-state index is 13.8. The summed E-state index contributed by atoms with van der Waals surface area (Å²) >= 11 is 1.31. The average molecular weight is 759 g/mol. The van der Waals surface area contributed by atoms with Crippen LogP contribution in [0, 0.1) is 5.82 Å². The topological polar surface area (TPSA) is 146 Å². The normalized spacial score (nSPS) is 15.8. The van der Waals surface area contributed by atoms with E-state index in [1.807, 2.05) is 53.7 Å². The van der Waals surface area contributed by atoms with Crippen LogP contribution in [-0.2, 0) is 29.4 Å². The summed E-state index contributed by atoms with van der Waals surface area (Å²) in [5.41, 5.74) is -0.407. The molecule has 1 amide bonds. The Kier molecular flexibility index (Phi) is 12.9. The Morgan fingerprint density at radius 2 is 1.81 bits per heavy atom. The quantitative estimate of drug-likeness (QED) is 0.0885. The number of amides is 1. The fourth-order valence-corrected chi connectivity index (χ4v) is 8.39. The highest BCUT2D eigenvalue weighted by atomic mass is 32.1. The van der Waals surface area contributed by atoms with Crippen LogP contribution < -0.4 is 20.1 Å². The number of anilines is 3. The van der Waals surface area contributed by atoms with Crippen molar-refractivity contribution in [2.24, 2.45) is 0 Å². The SMILES string of the molecule is COc1cc2c(Nc3ncc(CC(=O)Nc4cccc(F)c4)s3)ncnc2cc1OCCCN1CCCCC1OP(=O)(OC(C)(C)C)OC(C)(C)C. The largest absolute Gasteiger partial charge is 0.493 e. The molecule has 1 unspecified atom stereocenters. The van der Waals surface area contributed by atoms with Gasteiger partial charge in [0.05, 0.1) is 36.9 Å². The molecule has 5 rings (SSSR count). The van der Waals surface area contributed by atoms with Gasteiger partial charge in [0.1, 0.15) is 24.2 Å². The number of carbonyl (C=O) groups excluding carboxylic acids is 1. The predicted molar refractivity (Wildman–Crippen MR) is 200 cm³/mol. The third-order valence-corrected chi connectivity index (χ3v) is 10.5.